The molecule has 0 rings (SSSR count). The van der Waals surface area contributed by atoms with Crippen molar-refractivity contribution >= 4 is 0 Å². The molecule has 0 aliphatic heterocycles. The third kappa shape index (κ3) is 15.5. The molecule has 0 atom stereocenters. The Balaban J connectivity index is 2.94. The van der Waals surface area contributed by atoms with Gasteiger partial charge in [0.05, 0.1) is 0 Å². The number of rotatable bonds is 14. The fraction of sp³-hybridized carbons (Fsp3) is 0.722. The van der Waals surface area contributed by atoms with Crippen LogP contribution in [0.5, 0.6) is 0 Å². The molecule has 0 heterocycles. The van der Waals surface area contributed by atoms with Crippen LogP contribution in [0.1, 0.15) is 84.0 Å². The summed E-state index contributed by atoms with van der Waals surface area (Å²) < 4.78 is 0. The molecule has 0 aromatic rings. The van der Waals surface area contributed by atoms with Crippen LogP contribution in [0.4, 0.5) is 0 Å². The van der Waals surface area contributed by atoms with Gasteiger partial charge in [0.25, 0.3) is 0 Å². The van der Waals surface area contributed by atoms with E-state index in [0.717, 1.165) is 0 Å². The van der Waals surface area contributed by atoms with E-state index in [4.69, 9.17) is 0 Å². The molecule has 0 heteroatoms. The minimum absolute atomic E-state index is 1.22. The molecule has 0 spiro atoms. The van der Waals surface area contributed by atoms with E-state index < -0.39 is 0 Å². The van der Waals surface area contributed by atoms with Crippen molar-refractivity contribution in [2.45, 2.75) is 84.0 Å². The van der Waals surface area contributed by atoms with Gasteiger partial charge in [-0.05, 0) is 19.3 Å². The number of hydrogen-bond donors (Lipinski definition) is 0. The molecule has 18 heavy (non-hydrogen) atoms. The van der Waals surface area contributed by atoms with Crippen LogP contribution in [0, 0.1) is 6.42 Å². The third-order valence-corrected chi connectivity index (χ3v) is 3.31. The molecule has 1 radical (unpaired) electrons. The normalized spacial score (nSPS) is 11.2. The molecule has 0 unspecified atom stereocenters. The summed E-state index contributed by atoms with van der Waals surface area (Å²) in [7, 11) is 0. The lowest BCUT2D eigenvalue weighted by molar-refractivity contribution is 0.598. The fourth-order valence-corrected chi connectivity index (χ4v) is 2.13. The van der Waals surface area contributed by atoms with Crippen molar-refractivity contribution in [1.29, 1.82) is 0 Å². The van der Waals surface area contributed by atoms with Crippen LogP contribution in [-0.4, -0.2) is 0 Å². The van der Waals surface area contributed by atoms with E-state index in [1.807, 2.05) is 12.2 Å². The minimum Gasteiger partial charge on any atom is -0.0991 e. The molecule has 0 aliphatic carbocycles. The van der Waals surface area contributed by atoms with Crippen LogP contribution < -0.4 is 0 Å². The van der Waals surface area contributed by atoms with Crippen LogP contribution in [0.3, 0.4) is 0 Å². The zero-order valence-corrected chi connectivity index (χ0v) is 12.5. The van der Waals surface area contributed by atoms with Gasteiger partial charge < -0.3 is 0 Å². The van der Waals surface area contributed by atoms with Crippen LogP contribution in [0.25, 0.3) is 0 Å². The summed E-state index contributed by atoms with van der Waals surface area (Å²) in [4.78, 5) is 0. The first-order valence-electron chi connectivity index (χ1n) is 8.01. The molecular weight excluding hydrogens is 216 g/mol. The summed E-state index contributed by atoms with van der Waals surface area (Å²) in [6.07, 6.45) is 25.1. The third-order valence-electron chi connectivity index (χ3n) is 3.31. The molecule has 0 saturated carbocycles. The van der Waals surface area contributed by atoms with Gasteiger partial charge in [-0.15, -0.1) is 0 Å². The first-order valence-corrected chi connectivity index (χ1v) is 8.01. The van der Waals surface area contributed by atoms with Crippen LogP contribution in [-0.2, 0) is 0 Å². The van der Waals surface area contributed by atoms with Crippen LogP contribution >= 0.6 is 0 Å². The zero-order chi connectivity index (χ0) is 13.3. The Morgan fingerprint density at radius 3 is 1.89 bits per heavy atom. The van der Waals surface area contributed by atoms with Crippen molar-refractivity contribution < 1.29 is 0 Å². The Morgan fingerprint density at radius 1 is 0.722 bits per heavy atom. The number of hydrogen-bond acceptors (Lipinski definition) is 0. The standard InChI is InChI=1S/C18H33/c1-3-5-7-9-11-13-15-17-18-16-14-12-10-8-6-4-2/h3,5,7,14H,1,4,6,8-13,15-18H2,2H3. The molecule has 0 aromatic heterocycles. The molecule has 0 aromatic carbocycles. The summed E-state index contributed by atoms with van der Waals surface area (Å²) in [5.74, 6) is 0. The molecule has 0 bridgehead atoms. The molecule has 0 aliphatic rings. The predicted molar refractivity (Wildman–Crippen MR) is 84.7 cm³/mol. The van der Waals surface area contributed by atoms with Crippen molar-refractivity contribution in [2.75, 3.05) is 0 Å². The first-order chi connectivity index (χ1) is 8.91. The van der Waals surface area contributed by atoms with E-state index in [-0.39, 0.29) is 0 Å². The highest BCUT2D eigenvalue weighted by atomic mass is 14.0. The van der Waals surface area contributed by atoms with Crippen molar-refractivity contribution in [3.05, 3.63) is 31.2 Å². The average Bonchev–Trinajstić information content (AvgIpc) is 2.39. The Hall–Kier alpha value is -0.520. The van der Waals surface area contributed by atoms with Gasteiger partial charge >= 0.3 is 0 Å². The van der Waals surface area contributed by atoms with Crippen LogP contribution in [0.15, 0.2) is 24.8 Å². The van der Waals surface area contributed by atoms with E-state index in [0.29, 0.717) is 0 Å². The topological polar surface area (TPSA) is 0 Å². The summed E-state index contributed by atoms with van der Waals surface area (Å²) in [6.45, 7) is 5.94. The molecule has 0 nitrogen and oxygen atoms in total. The van der Waals surface area contributed by atoms with Crippen LogP contribution in [0.2, 0.25) is 0 Å². The van der Waals surface area contributed by atoms with Crippen molar-refractivity contribution in [2.24, 2.45) is 0 Å². The van der Waals surface area contributed by atoms with Gasteiger partial charge in [-0.1, -0.05) is 95.9 Å². The molecule has 0 saturated heterocycles. The Kier molecular flexibility index (Phi) is 16.0. The number of unbranched alkanes of at least 4 members (excludes halogenated alkanes) is 12. The minimum atomic E-state index is 1.22. The summed E-state index contributed by atoms with van der Waals surface area (Å²) in [5, 5.41) is 0. The highest BCUT2D eigenvalue weighted by Crippen LogP contribution is 2.11. The highest BCUT2D eigenvalue weighted by Gasteiger charge is 1.92. The monoisotopic (exact) mass is 249 g/mol. The van der Waals surface area contributed by atoms with Gasteiger partial charge in [0, 0.05) is 0 Å². The molecule has 105 valence electrons. The molecule has 0 N–H and O–H groups in total. The number of allylic oxidation sites excluding steroid dienone is 3. The molecule has 0 fully saturated rings. The van der Waals surface area contributed by atoms with Crippen molar-refractivity contribution in [1.82, 2.24) is 0 Å². The Bertz CT molecular complexity index is 178. The van der Waals surface area contributed by atoms with Gasteiger partial charge in [0.2, 0.25) is 0 Å². The van der Waals surface area contributed by atoms with Gasteiger partial charge in [-0.2, -0.15) is 0 Å². The van der Waals surface area contributed by atoms with Crippen molar-refractivity contribution in [3.63, 3.8) is 0 Å². The predicted octanol–water partition coefficient (Wildman–Crippen LogP) is 6.63. The summed E-state index contributed by atoms with van der Waals surface area (Å²) >= 11 is 0. The van der Waals surface area contributed by atoms with E-state index in [1.54, 1.807) is 0 Å². The van der Waals surface area contributed by atoms with E-state index in [9.17, 15) is 0 Å². The second-order valence-corrected chi connectivity index (χ2v) is 5.15. The maximum atomic E-state index is 3.67. The SMILES string of the molecule is C=CC=CCCCCCCC[CH]CCCCCC. The largest absolute Gasteiger partial charge is 0.0991 e. The maximum Gasteiger partial charge on any atom is -0.0348 e. The quantitative estimate of drug-likeness (QED) is 0.239. The second kappa shape index (κ2) is 16.5. The maximum absolute atomic E-state index is 3.67. The van der Waals surface area contributed by atoms with Gasteiger partial charge in [-0.3, -0.25) is 0 Å². The highest BCUT2D eigenvalue weighted by molar-refractivity contribution is 4.96. The van der Waals surface area contributed by atoms with Gasteiger partial charge in [0.15, 0.2) is 0 Å². The Labute approximate surface area is 116 Å². The zero-order valence-electron chi connectivity index (χ0n) is 12.5. The fourth-order valence-electron chi connectivity index (χ4n) is 2.13. The van der Waals surface area contributed by atoms with E-state index in [1.165, 1.54) is 77.0 Å². The smallest absolute Gasteiger partial charge is 0.0348 e. The van der Waals surface area contributed by atoms with E-state index in [2.05, 4.69) is 26.0 Å². The van der Waals surface area contributed by atoms with Gasteiger partial charge in [-0.25, -0.2) is 0 Å². The second-order valence-electron chi connectivity index (χ2n) is 5.15. The average molecular weight is 249 g/mol. The van der Waals surface area contributed by atoms with Crippen molar-refractivity contribution in [3.8, 4) is 0 Å². The van der Waals surface area contributed by atoms with Gasteiger partial charge in [0.1, 0.15) is 0 Å². The lowest BCUT2D eigenvalue weighted by atomic mass is 10.0. The Morgan fingerprint density at radius 2 is 1.28 bits per heavy atom. The van der Waals surface area contributed by atoms with E-state index >= 15 is 0 Å². The summed E-state index contributed by atoms with van der Waals surface area (Å²) in [6, 6.07) is 0. The molecule has 0 amide bonds. The lowest BCUT2D eigenvalue weighted by Crippen LogP contribution is -1.83. The summed E-state index contributed by atoms with van der Waals surface area (Å²) in [5.41, 5.74) is 0. The first kappa shape index (κ1) is 17.5. The molecular formula is C18H33. The lowest BCUT2D eigenvalue weighted by Gasteiger charge is -2.01.